The zero-order chi connectivity index (χ0) is 62.4. The van der Waals surface area contributed by atoms with E-state index in [0.29, 0.717) is 0 Å². The zero-order valence-corrected chi connectivity index (χ0v) is 51.5. The van der Waals surface area contributed by atoms with Gasteiger partial charge in [0.05, 0.1) is 0 Å². The fraction of sp³-hybridized carbons (Fsp3) is 0. The molecule has 0 atom stereocenters. The van der Waals surface area contributed by atoms with Crippen LogP contribution in [0.3, 0.4) is 0 Å². The smallest absolute Gasteiger partial charge is 0.144 e. The molecule has 4 nitrogen and oxygen atoms in total. The first-order valence-corrected chi connectivity index (χ1v) is 32.9. The molecule has 4 aromatic heterocycles. The first-order chi connectivity index (χ1) is 47.6. The van der Waals surface area contributed by atoms with Gasteiger partial charge in [-0.3, -0.25) is 0 Å². The number of furan rings is 4. The molecule has 442 valence electrons. The molecule has 4 heterocycles. The predicted molar refractivity (Wildman–Crippen MR) is 403 cm³/mol. The van der Waals surface area contributed by atoms with Gasteiger partial charge < -0.3 is 17.7 Å². The van der Waals surface area contributed by atoms with E-state index in [4.69, 9.17) is 17.7 Å². The normalized spacial score (nSPS) is 12.4. The van der Waals surface area contributed by atoms with Crippen LogP contribution in [-0.2, 0) is 0 Å². The highest BCUT2D eigenvalue weighted by Crippen LogP contribution is 2.53. The molecule has 4 heteroatoms. The minimum Gasteiger partial charge on any atom is -0.456 e. The van der Waals surface area contributed by atoms with Crippen molar-refractivity contribution in [2.45, 2.75) is 0 Å². The third-order valence-electron chi connectivity index (χ3n) is 21.0. The van der Waals surface area contributed by atoms with Crippen molar-refractivity contribution < 1.29 is 17.7 Å². The van der Waals surface area contributed by atoms with E-state index < -0.39 is 0 Å². The summed E-state index contributed by atoms with van der Waals surface area (Å²) in [6.45, 7) is 0. The van der Waals surface area contributed by atoms with E-state index in [1.54, 1.807) is 0 Å². The van der Waals surface area contributed by atoms with Crippen LogP contribution in [0, 0.1) is 0 Å². The lowest BCUT2D eigenvalue weighted by Gasteiger charge is -2.19. The Morgan fingerprint density at radius 1 is 0.156 bits per heavy atom. The quantitative estimate of drug-likeness (QED) is 0.161. The topological polar surface area (TPSA) is 52.6 Å². The molecule has 0 aliphatic heterocycles. The van der Waals surface area contributed by atoms with Crippen molar-refractivity contribution in [1.29, 1.82) is 0 Å². The Kier molecular flexibility index (Phi) is 10.5. The molecule has 22 aromatic rings. The van der Waals surface area contributed by atoms with Gasteiger partial charge in [-0.2, -0.15) is 0 Å². The van der Waals surface area contributed by atoms with Gasteiger partial charge in [0, 0.05) is 59.4 Å². The molecule has 0 spiro atoms. The van der Waals surface area contributed by atoms with Gasteiger partial charge in [0.15, 0.2) is 0 Å². The molecule has 0 unspecified atom stereocenters. The maximum Gasteiger partial charge on any atom is 0.144 e. The van der Waals surface area contributed by atoms with Crippen LogP contribution in [-0.4, -0.2) is 0 Å². The second kappa shape index (κ2) is 19.4. The molecule has 0 saturated heterocycles. The van der Waals surface area contributed by atoms with Crippen LogP contribution in [0.25, 0.3) is 230 Å². The van der Waals surface area contributed by atoms with E-state index in [2.05, 4.69) is 291 Å². The van der Waals surface area contributed by atoms with Crippen molar-refractivity contribution >= 4 is 174 Å². The van der Waals surface area contributed by atoms with E-state index >= 15 is 0 Å². The average molecular weight is 1220 g/mol. The van der Waals surface area contributed by atoms with Crippen molar-refractivity contribution in [3.8, 4) is 55.6 Å². The molecule has 0 aliphatic rings. The summed E-state index contributed by atoms with van der Waals surface area (Å²) in [7, 11) is 0. The summed E-state index contributed by atoms with van der Waals surface area (Å²) in [4.78, 5) is 0. The van der Waals surface area contributed by atoms with Crippen molar-refractivity contribution in [2.75, 3.05) is 0 Å². The molecule has 18 aromatic carbocycles. The third-order valence-corrected chi connectivity index (χ3v) is 21.0. The summed E-state index contributed by atoms with van der Waals surface area (Å²) in [5.41, 5.74) is 18.4. The summed E-state index contributed by atoms with van der Waals surface area (Å²) < 4.78 is 27.8. The Bertz CT molecular complexity index is 7090. The van der Waals surface area contributed by atoms with Gasteiger partial charge in [-0.15, -0.1) is 0 Å². The van der Waals surface area contributed by atoms with Crippen LogP contribution >= 0.6 is 0 Å². The highest BCUT2D eigenvalue weighted by Gasteiger charge is 2.26. The summed E-state index contributed by atoms with van der Waals surface area (Å²) >= 11 is 0. The Balaban J connectivity index is 0.711. The largest absolute Gasteiger partial charge is 0.456 e. The lowest BCUT2D eigenvalue weighted by molar-refractivity contribution is 0.668. The average Bonchev–Trinajstić information content (AvgIpc) is 1.44. The van der Waals surface area contributed by atoms with Crippen LogP contribution in [0.5, 0.6) is 0 Å². The van der Waals surface area contributed by atoms with Gasteiger partial charge in [0.25, 0.3) is 0 Å². The summed E-state index contributed by atoms with van der Waals surface area (Å²) in [5, 5.41) is 27.4. The van der Waals surface area contributed by atoms with E-state index in [1.807, 2.05) is 12.1 Å². The Labute approximate surface area is 547 Å². The summed E-state index contributed by atoms with van der Waals surface area (Å²) in [6.07, 6.45) is 0. The molecule has 0 amide bonds. The minimum atomic E-state index is 0.837. The summed E-state index contributed by atoms with van der Waals surface area (Å²) in [5.74, 6) is 0. The molecular weight excluding hydrogens is 1170 g/mol. The Hall–Kier alpha value is -12.8. The van der Waals surface area contributed by atoms with Crippen molar-refractivity contribution in [3.63, 3.8) is 0 Å². The fourth-order valence-electron chi connectivity index (χ4n) is 17.0. The van der Waals surface area contributed by atoms with Crippen molar-refractivity contribution in [3.05, 3.63) is 303 Å². The third kappa shape index (κ3) is 7.11. The highest BCUT2D eigenvalue weighted by molar-refractivity contribution is 6.35. The first kappa shape index (κ1) is 51.8. The van der Waals surface area contributed by atoms with E-state index in [9.17, 15) is 0 Å². The predicted octanol–water partition coefficient (Wildman–Crippen LogP) is 26.8. The molecule has 0 fully saturated rings. The molecule has 22 rings (SSSR count). The molecule has 0 aliphatic carbocycles. The van der Waals surface area contributed by atoms with Crippen LogP contribution < -0.4 is 0 Å². The van der Waals surface area contributed by atoms with Crippen molar-refractivity contribution in [2.24, 2.45) is 0 Å². The fourth-order valence-corrected chi connectivity index (χ4v) is 17.0. The van der Waals surface area contributed by atoms with Gasteiger partial charge >= 0.3 is 0 Å². The lowest BCUT2D eigenvalue weighted by Crippen LogP contribution is -1.92. The minimum absolute atomic E-state index is 0.837. The van der Waals surface area contributed by atoms with Crippen molar-refractivity contribution in [1.82, 2.24) is 0 Å². The van der Waals surface area contributed by atoms with E-state index in [1.165, 1.54) is 87.2 Å². The van der Waals surface area contributed by atoms with Gasteiger partial charge in [0.2, 0.25) is 0 Å². The van der Waals surface area contributed by atoms with Gasteiger partial charge in [-0.1, -0.05) is 243 Å². The lowest BCUT2D eigenvalue weighted by atomic mass is 9.84. The molecule has 0 N–H and O–H groups in total. The second-order valence-corrected chi connectivity index (χ2v) is 25.9. The summed E-state index contributed by atoms with van der Waals surface area (Å²) in [6, 6.07) is 110. The number of hydrogen-bond acceptors (Lipinski definition) is 4. The van der Waals surface area contributed by atoms with Crippen LogP contribution in [0.1, 0.15) is 0 Å². The molecular formula is C92H50O4. The molecule has 96 heavy (non-hydrogen) atoms. The van der Waals surface area contributed by atoms with Gasteiger partial charge in [0.1, 0.15) is 44.7 Å². The number of hydrogen-bond donors (Lipinski definition) is 0. The number of fused-ring (bicyclic) bond motifs is 24. The SMILES string of the molecule is c1ccc2c(-c3c4ccccc4c(-c4ccc5c(c4)oc4ccc6cc(-c7cccc8c(-c9c%10ccccc%10c(-c%10ccc%11c(c%10)oc%10ccc%12ccc%13c%14ccccc%14oc%13c%12c%10%11)c%10ccccc9%10)cccc78)c7oc8ccccc8c7c6c45)c4ccccc34)cccc2c1. The molecule has 0 radical (unpaired) electrons. The maximum absolute atomic E-state index is 7.19. The number of para-hydroxylation sites is 2. The standard InChI is InChI=1S/C92H50O4/c1-2-20-56-51(18-1)19-15-34-61(56)86-67-26-7-3-22-63(67)82(64-23-4-8-27-68(64)86)54-39-44-73-80(49-54)93-78-47-42-53-48-75(92-90(84(53)88(73)78)72-30-12-14-37-77(72)96-92)59-33-16-32-58-57(59)31-17-35-62(58)87-69-28-9-5-24-65(69)83(66-25-6-10-29-70(66)87)55-40-45-74-81(50-55)94-79-46-41-52-38-43-71-60-21-11-13-36-76(60)95-91(71)85(52)89(74)79/h1-50H. The Morgan fingerprint density at radius 3 is 1.15 bits per heavy atom. The van der Waals surface area contributed by atoms with E-state index in [-0.39, 0.29) is 0 Å². The van der Waals surface area contributed by atoms with Crippen LogP contribution in [0.15, 0.2) is 321 Å². The van der Waals surface area contributed by atoms with Crippen LogP contribution in [0.4, 0.5) is 0 Å². The van der Waals surface area contributed by atoms with Gasteiger partial charge in [-0.25, -0.2) is 0 Å². The number of rotatable bonds is 5. The first-order valence-electron chi connectivity index (χ1n) is 32.9. The molecule has 0 saturated carbocycles. The zero-order valence-electron chi connectivity index (χ0n) is 51.5. The Morgan fingerprint density at radius 2 is 0.552 bits per heavy atom. The van der Waals surface area contributed by atoms with E-state index in [0.717, 1.165) is 142 Å². The molecule has 0 bridgehead atoms. The number of benzene rings is 18. The second-order valence-electron chi connectivity index (χ2n) is 25.9. The van der Waals surface area contributed by atoms with Crippen LogP contribution in [0.2, 0.25) is 0 Å². The maximum atomic E-state index is 7.19. The van der Waals surface area contributed by atoms with Gasteiger partial charge in [-0.05, 0) is 186 Å². The highest BCUT2D eigenvalue weighted by atomic mass is 16.3. The monoisotopic (exact) mass is 1220 g/mol.